The number of aryl methyl sites for hydroxylation is 1. The van der Waals surface area contributed by atoms with Crippen molar-refractivity contribution in [2.75, 3.05) is 0 Å². The zero-order valence-corrected chi connectivity index (χ0v) is 22.3. The first kappa shape index (κ1) is 29.0. The Kier molecular flexibility index (Phi) is 8.99. The third-order valence-corrected chi connectivity index (χ3v) is 7.93. The van der Waals surface area contributed by atoms with E-state index in [0.717, 1.165) is 6.42 Å². The second kappa shape index (κ2) is 11.5. The Balaban J connectivity index is 1.89. The van der Waals surface area contributed by atoms with Gasteiger partial charge in [0.05, 0.1) is 47.7 Å². The highest BCUT2D eigenvalue weighted by molar-refractivity contribution is 5.88. The van der Waals surface area contributed by atoms with Crippen LogP contribution in [0.15, 0.2) is 16.5 Å². The lowest BCUT2D eigenvalue weighted by Crippen LogP contribution is -2.48. The molecule has 3 heterocycles. The first-order valence-electron chi connectivity index (χ1n) is 12.9. The number of halogens is 1. The van der Waals surface area contributed by atoms with Crippen molar-refractivity contribution < 1.29 is 33.3 Å². The molecule has 0 saturated carbocycles. The highest BCUT2D eigenvalue weighted by Gasteiger charge is 2.53. The summed E-state index contributed by atoms with van der Waals surface area (Å²) in [4.78, 5) is 30.5. The van der Waals surface area contributed by atoms with Crippen molar-refractivity contribution >= 4 is 17.8 Å². The van der Waals surface area contributed by atoms with Crippen LogP contribution in [-0.2, 0) is 14.3 Å². The molecule has 0 unspecified atom stereocenters. The Hall–Kier alpha value is -2.54. The first-order valence-corrected chi connectivity index (χ1v) is 12.9. The Labute approximate surface area is 218 Å². The number of carbonyl (C=O) groups excluding carboxylic acids is 2. The second-order valence-corrected chi connectivity index (χ2v) is 11.3. The van der Waals surface area contributed by atoms with Gasteiger partial charge in [-0.1, -0.05) is 27.2 Å². The van der Waals surface area contributed by atoms with Gasteiger partial charge in [0.1, 0.15) is 23.6 Å². The molecular weight excluding hydrogens is 479 g/mol. The second-order valence-electron chi connectivity index (χ2n) is 11.3. The number of aliphatic hydroxyl groups excluding tert-OH is 2. The number of fused-ring (bicyclic) bond motifs is 1. The van der Waals surface area contributed by atoms with E-state index in [2.05, 4.69) is 16.2 Å². The molecule has 3 N–H and O–H groups in total. The van der Waals surface area contributed by atoms with Gasteiger partial charge in [-0.25, -0.2) is 9.37 Å². The fraction of sp³-hybridized carbons (Fsp3) is 0.679. The lowest BCUT2D eigenvalue weighted by atomic mass is 9.71. The maximum atomic E-state index is 15.4. The minimum atomic E-state index is -1.37. The van der Waals surface area contributed by atoms with E-state index in [0.29, 0.717) is 18.7 Å². The molecule has 1 amide bonds. The molecule has 2 aliphatic heterocycles. The van der Waals surface area contributed by atoms with E-state index >= 15 is 4.39 Å². The largest absolute Gasteiger partial charge is 0.449 e. The number of nitrogens with one attached hydrogen (secondary N) is 1. The number of carbonyl (C=O) groups is 2. The van der Waals surface area contributed by atoms with Crippen molar-refractivity contribution in [2.24, 2.45) is 17.3 Å². The van der Waals surface area contributed by atoms with Crippen molar-refractivity contribution in [3.63, 3.8) is 0 Å². The molecule has 9 heteroatoms. The average Bonchev–Trinajstić information content (AvgIpc) is 3.27. The van der Waals surface area contributed by atoms with E-state index in [1.165, 1.54) is 26.2 Å². The fourth-order valence-corrected chi connectivity index (χ4v) is 5.12. The van der Waals surface area contributed by atoms with E-state index in [1.54, 1.807) is 6.92 Å². The van der Waals surface area contributed by atoms with Crippen LogP contribution in [0.3, 0.4) is 0 Å². The van der Waals surface area contributed by atoms with Crippen molar-refractivity contribution in [1.29, 1.82) is 0 Å². The van der Waals surface area contributed by atoms with Crippen molar-refractivity contribution in [3.8, 4) is 12.3 Å². The Morgan fingerprint density at radius 3 is 2.68 bits per heavy atom. The number of terminal acetylenes is 1. The van der Waals surface area contributed by atoms with Gasteiger partial charge in [-0.15, -0.1) is 12.3 Å². The minimum Gasteiger partial charge on any atom is -0.449 e. The molecule has 1 aromatic heterocycles. The third-order valence-electron chi connectivity index (χ3n) is 7.93. The molecule has 3 rings (SSSR count). The third kappa shape index (κ3) is 6.86. The number of hydrogen-bond acceptors (Lipinski definition) is 7. The summed E-state index contributed by atoms with van der Waals surface area (Å²) in [6.45, 7) is 8.53. The lowest BCUT2D eigenvalue weighted by Gasteiger charge is -2.35. The Morgan fingerprint density at radius 1 is 1.35 bits per heavy atom. The van der Waals surface area contributed by atoms with Crippen molar-refractivity contribution in [1.82, 2.24) is 10.3 Å². The molecule has 0 spiro atoms. The monoisotopic (exact) mass is 518 g/mol. The number of amides is 1. The zero-order chi connectivity index (χ0) is 27.5. The Bertz CT molecular complexity index is 1060. The molecule has 8 nitrogen and oxygen atoms in total. The fourth-order valence-electron chi connectivity index (χ4n) is 5.12. The topological polar surface area (TPSA) is 125 Å². The molecule has 7 atom stereocenters. The van der Waals surface area contributed by atoms with Crippen LogP contribution in [0.2, 0.25) is 0 Å². The van der Waals surface area contributed by atoms with Crippen molar-refractivity contribution in [2.45, 2.75) is 103 Å². The average molecular weight is 519 g/mol. The van der Waals surface area contributed by atoms with Crippen LogP contribution in [0.5, 0.6) is 0 Å². The molecule has 0 aliphatic carbocycles. The van der Waals surface area contributed by atoms with Crippen LogP contribution in [0.1, 0.15) is 77.8 Å². The van der Waals surface area contributed by atoms with Crippen LogP contribution < -0.4 is 5.32 Å². The SMILES string of the molecule is C#CC[C@H]1C(=O)C(C)(C)[C@@H](O)CC(=O)N[C@H](/C(F)=C\c2coc(C)n2)C[C@H]2O[C@@]2(C)CCC[C@H](C)[C@@H]1O. The molecular formula is C28H39FN2O6. The molecule has 1 aromatic rings. The van der Waals surface area contributed by atoms with Gasteiger partial charge in [0.15, 0.2) is 5.89 Å². The van der Waals surface area contributed by atoms with Crippen LogP contribution >= 0.6 is 0 Å². The Morgan fingerprint density at radius 2 is 2.05 bits per heavy atom. The van der Waals surface area contributed by atoms with Crippen LogP contribution in [0, 0.1) is 36.5 Å². The molecule has 2 fully saturated rings. The van der Waals surface area contributed by atoms with Gasteiger partial charge >= 0.3 is 0 Å². The molecule has 0 radical (unpaired) electrons. The highest BCUT2D eigenvalue weighted by atomic mass is 19.1. The maximum Gasteiger partial charge on any atom is 0.223 e. The molecule has 2 saturated heterocycles. The number of nitrogens with zero attached hydrogens (tertiary/aromatic N) is 1. The number of ether oxygens (including phenoxy) is 1. The number of aromatic nitrogens is 1. The van der Waals surface area contributed by atoms with E-state index in [9.17, 15) is 19.8 Å². The quantitative estimate of drug-likeness (QED) is 0.413. The van der Waals surface area contributed by atoms with E-state index in [-0.39, 0.29) is 30.6 Å². The highest BCUT2D eigenvalue weighted by Crippen LogP contribution is 2.44. The van der Waals surface area contributed by atoms with E-state index in [4.69, 9.17) is 15.6 Å². The summed E-state index contributed by atoms with van der Waals surface area (Å²) in [5.41, 5.74) is -1.56. The van der Waals surface area contributed by atoms with Gasteiger partial charge in [-0.3, -0.25) is 9.59 Å². The van der Waals surface area contributed by atoms with Crippen LogP contribution in [-0.4, -0.2) is 56.8 Å². The van der Waals surface area contributed by atoms with Gasteiger partial charge in [0.2, 0.25) is 5.91 Å². The minimum absolute atomic E-state index is 0.0230. The summed E-state index contributed by atoms with van der Waals surface area (Å²) < 4.78 is 26.4. The number of Topliss-reactive ketones (excluding diaryl/α,β-unsaturated/α-hetero) is 1. The van der Waals surface area contributed by atoms with Crippen molar-refractivity contribution in [3.05, 3.63) is 23.7 Å². The van der Waals surface area contributed by atoms with Gasteiger partial charge in [-0.2, -0.15) is 0 Å². The summed E-state index contributed by atoms with van der Waals surface area (Å²) in [6, 6.07) is -1.01. The van der Waals surface area contributed by atoms with Gasteiger partial charge in [-0.05, 0) is 25.7 Å². The summed E-state index contributed by atoms with van der Waals surface area (Å²) in [5.74, 6) is 0.131. The summed E-state index contributed by atoms with van der Waals surface area (Å²) in [6.07, 6.45) is 7.25. The van der Waals surface area contributed by atoms with Gasteiger partial charge in [0, 0.05) is 25.8 Å². The summed E-state index contributed by atoms with van der Waals surface area (Å²) in [5, 5.41) is 24.6. The van der Waals surface area contributed by atoms with Gasteiger partial charge in [0.25, 0.3) is 0 Å². The van der Waals surface area contributed by atoms with E-state index < -0.39 is 59.1 Å². The molecule has 0 bridgehead atoms. The lowest BCUT2D eigenvalue weighted by molar-refractivity contribution is -0.143. The number of ketones is 1. The van der Waals surface area contributed by atoms with Crippen LogP contribution in [0.4, 0.5) is 4.39 Å². The zero-order valence-electron chi connectivity index (χ0n) is 22.3. The number of epoxide rings is 1. The number of oxazole rings is 1. The molecule has 0 aromatic carbocycles. The number of hydrogen-bond donors (Lipinski definition) is 3. The molecule has 2 aliphatic rings. The van der Waals surface area contributed by atoms with Crippen LogP contribution in [0.25, 0.3) is 6.08 Å². The number of aliphatic hydroxyl groups is 2. The number of rotatable bonds is 3. The summed E-state index contributed by atoms with van der Waals surface area (Å²) >= 11 is 0. The van der Waals surface area contributed by atoms with E-state index in [1.807, 2.05) is 13.8 Å². The first-order chi connectivity index (χ1) is 17.3. The maximum absolute atomic E-state index is 15.4. The predicted molar refractivity (Wildman–Crippen MR) is 136 cm³/mol. The predicted octanol–water partition coefficient (Wildman–Crippen LogP) is 3.49. The summed E-state index contributed by atoms with van der Waals surface area (Å²) in [7, 11) is 0. The normalized spacial score (nSPS) is 35.8. The molecule has 204 valence electrons. The smallest absolute Gasteiger partial charge is 0.223 e. The van der Waals surface area contributed by atoms with Gasteiger partial charge < -0.3 is 24.7 Å². The molecule has 37 heavy (non-hydrogen) atoms. The standard InChI is InChI=1S/C28H39FN2O6/c1-7-9-19-25(34)16(2)10-8-11-28(6)23(37-28)13-21(20(29)12-18-15-36-17(3)30-18)31-24(33)14-22(32)27(4,5)26(19)35/h1,12,15-16,19,21-23,25,32,34H,8-11,13-14H2,2-6H3,(H,31,33)/b20-12+/t16-,19+,21-,22-,23+,25-,28-/m0/s1.